The molecule has 0 amide bonds. The van der Waals surface area contributed by atoms with Crippen molar-refractivity contribution in [3.05, 3.63) is 46.7 Å². The largest absolute Gasteiger partial charge is 0.508 e. The lowest BCUT2D eigenvalue weighted by molar-refractivity contribution is 0.475. The van der Waals surface area contributed by atoms with E-state index in [1.165, 1.54) is 0 Å². The summed E-state index contributed by atoms with van der Waals surface area (Å²) in [5, 5.41) is 12.5. The fraction of sp³-hybridized carbons (Fsp3) is 0.0909. The number of H-pyrrole nitrogens is 1. The number of phenolic OH excluding ortho intramolecular Hbond substituents is 1. The van der Waals surface area contributed by atoms with E-state index in [1.807, 2.05) is 24.4 Å². The molecule has 0 bridgehead atoms. The highest BCUT2D eigenvalue weighted by Gasteiger charge is 1.97. The van der Waals surface area contributed by atoms with E-state index in [4.69, 9.17) is 0 Å². The molecule has 1 aromatic heterocycles. The van der Waals surface area contributed by atoms with Crippen LogP contribution in [0.3, 0.4) is 0 Å². The summed E-state index contributed by atoms with van der Waals surface area (Å²) in [7, 11) is 0. The maximum atomic E-state index is 9.26. The normalized spacial score (nSPS) is 10.2. The summed E-state index contributed by atoms with van der Waals surface area (Å²) >= 11 is 3.35. The number of nitrogens with one attached hydrogen (secondary N) is 2. The molecule has 0 unspecified atom stereocenters. The minimum atomic E-state index is 0.273. The zero-order valence-corrected chi connectivity index (χ0v) is 9.58. The summed E-state index contributed by atoms with van der Waals surface area (Å²) in [6.07, 6.45) is 1.93. The van der Waals surface area contributed by atoms with Crippen molar-refractivity contribution in [2.45, 2.75) is 6.54 Å². The topological polar surface area (TPSA) is 48.0 Å². The van der Waals surface area contributed by atoms with Gasteiger partial charge in [-0.3, -0.25) is 0 Å². The number of aromatic nitrogens is 1. The van der Waals surface area contributed by atoms with Gasteiger partial charge in [-0.05, 0) is 39.7 Å². The van der Waals surface area contributed by atoms with Gasteiger partial charge in [0.25, 0.3) is 0 Å². The van der Waals surface area contributed by atoms with Crippen molar-refractivity contribution in [2.24, 2.45) is 0 Å². The highest BCUT2D eigenvalue weighted by atomic mass is 79.9. The SMILES string of the molecule is Oc1cccc(NCc2c[nH]c(Br)c2)c1. The number of rotatable bonds is 3. The molecule has 0 saturated carbocycles. The first kappa shape index (κ1) is 10.1. The maximum Gasteiger partial charge on any atom is 0.117 e. The van der Waals surface area contributed by atoms with Crippen LogP contribution in [0.25, 0.3) is 0 Å². The van der Waals surface area contributed by atoms with Crippen molar-refractivity contribution in [3.63, 3.8) is 0 Å². The second-order valence-electron chi connectivity index (χ2n) is 3.26. The molecule has 2 rings (SSSR count). The fourth-order valence-electron chi connectivity index (χ4n) is 1.33. The first-order valence-corrected chi connectivity index (χ1v) is 5.39. The molecule has 1 heterocycles. The molecular formula is C11H11BrN2O. The van der Waals surface area contributed by atoms with Crippen molar-refractivity contribution in [2.75, 3.05) is 5.32 Å². The van der Waals surface area contributed by atoms with Crippen molar-refractivity contribution < 1.29 is 5.11 Å². The molecule has 0 radical (unpaired) electrons. The Morgan fingerprint density at radius 3 is 2.87 bits per heavy atom. The predicted molar refractivity (Wildman–Crippen MR) is 63.9 cm³/mol. The smallest absolute Gasteiger partial charge is 0.117 e. The van der Waals surface area contributed by atoms with Crippen LogP contribution in [0.5, 0.6) is 5.75 Å². The molecule has 0 saturated heterocycles. The van der Waals surface area contributed by atoms with Crippen molar-refractivity contribution in [3.8, 4) is 5.75 Å². The lowest BCUT2D eigenvalue weighted by Crippen LogP contribution is -1.97. The van der Waals surface area contributed by atoms with Crippen LogP contribution >= 0.6 is 15.9 Å². The van der Waals surface area contributed by atoms with Crippen LogP contribution in [-0.2, 0) is 6.54 Å². The van der Waals surface area contributed by atoms with Crippen LogP contribution in [0.4, 0.5) is 5.69 Å². The Labute approximate surface area is 96.3 Å². The Bertz CT molecular complexity index is 453. The standard InChI is InChI=1S/C11H11BrN2O/c12-11-4-8(7-14-11)6-13-9-2-1-3-10(15)5-9/h1-5,7,13-15H,6H2. The van der Waals surface area contributed by atoms with Gasteiger partial charge in [0.2, 0.25) is 0 Å². The van der Waals surface area contributed by atoms with E-state index in [-0.39, 0.29) is 5.75 Å². The van der Waals surface area contributed by atoms with Crippen LogP contribution in [-0.4, -0.2) is 10.1 Å². The summed E-state index contributed by atoms with van der Waals surface area (Å²) in [6, 6.07) is 9.08. The number of aromatic hydroxyl groups is 1. The quantitative estimate of drug-likeness (QED) is 0.800. The number of aromatic amines is 1. The van der Waals surface area contributed by atoms with Gasteiger partial charge in [-0.25, -0.2) is 0 Å². The predicted octanol–water partition coefficient (Wildman–Crippen LogP) is 3.09. The van der Waals surface area contributed by atoms with E-state index in [2.05, 4.69) is 26.2 Å². The first-order chi connectivity index (χ1) is 7.24. The van der Waals surface area contributed by atoms with Crippen molar-refractivity contribution in [1.29, 1.82) is 0 Å². The maximum absolute atomic E-state index is 9.26. The second-order valence-corrected chi connectivity index (χ2v) is 4.11. The van der Waals surface area contributed by atoms with E-state index >= 15 is 0 Å². The molecule has 78 valence electrons. The van der Waals surface area contributed by atoms with Gasteiger partial charge < -0.3 is 15.4 Å². The molecule has 3 N–H and O–H groups in total. The van der Waals surface area contributed by atoms with Gasteiger partial charge in [-0.15, -0.1) is 0 Å². The number of hydrogen-bond donors (Lipinski definition) is 3. The van der Waals surface area contributed by atoms with Crippen LogP contribution in [0, 0.1) is 0 Å². The highest BCUT2D eigenvalue weighted by Crippen LogP contribution is 2.17. The molecule has 0 spiro atoms. The van der Waals surface area contributed by atoms with E-state index in [9.17, 15) is 5.11 Å². The lowest BCUT2D eigenvalue weighted by Gasteiger charge is -2.04. The highest BCUT2D eigenvalue weighted by molar-refractivity contribution is 9.10. The molecule has 0 aliphatic heterocycles. The van der Waals surface area contributed by atoms with Gasteiger partial charge in [0.15, 0.2) is 0 Å². The molecule has 0 aliphatic carbocycles. The minimum Gasteiger partial charge on any atom is -0.508 e. The number of halogens is 1. The summed E-state index contributed by atoms with van der Waals surface area (Å²) < 4.78 is 0.968. The van der Waals surface area contributed by atoms with Crippen LogP contribution < -0.4 is 5.32 Å². The van der Waals surface area contributed by atoms with E-state index in [0.29, 0.717) is 0 Å². The van der Waals surface area contributed by atoms with Gasteiger partial charge >= 0.3 is 0 Å². The Balaban J connectivity index is 1.99. The Kier molecular flexibility index (Phi) is 2.97. The summed E-state index contributed by atoms with van der Waals surface area (Å²) in [6.45, 7) is 0.728. The van der Waals surface area contributed by atoms with Gasteiger partial charge in [-0.2, -0.15) is 0 Å². The fourth-order valence-corrected chi connectivity index (χ4v) is 1.74. The van der Waals surface area contributed by atoms with Gasteiger partial charge in [0.1, 0.15) is 5.75 Å². The van der Waals surface area contributed by atoms with Crippen molar-refractivity contribution >= 4 is 21.6 Å². The average Bonchev–Trinajstić information content (AvgIpc) is 2.62. The number of phenols is 1. The van der Waals surface area contributed by atoms with Crippen LogP contribution in [0.2, 0.25) is 0 Å². The monoisotopic (exact) mass is 266 g/mol. The average molecular weight is 267 g/mol. The zero-order valence-electron chi connectivity index (χ0n) is 8.00. The minimum absolute atomic E-state index is 0.273. The third-order valence-electron chi connectivity index (χ3n) is 2.05. The van der Waals surface area contributed by atoms with Gasteiger partial charge in [-0.1, -0.05) is 6.07 Å². The molecule has 0 atom stereocenters. The van der Waals surface area contributed by atoms with Gasteiger partial charge in [0.05, 0.1) is 4.60 Å². The molecule has 3 nitrogen and oxygen atoms in total. The lowest BCUT2D eigenvalue weighted by atomic mass is 10.3. The third-order valence-corrected chi connectivity index (χ3v) is 2.51. The second kappa shape index (κ2) is 4.40. The number of anilines is 1. The van der Waals surface area contributed by atoms with Crippen LogP contribution in [0.15, 0.2) is 41.1 Å². The van der Waals surface area contributed by atoms with E-state index in [0.717, 1.165) is 22.4 Å². The van der Waals surface area contributed by atoms with E-state index in [1.54, 1.807) is 12.1 Å². The summed E-state index contributed by atoms with van der Waals surface area (Å²) in [5.74, 6) is 0.273. The third kappa shape index (κ3) is 2.76. The molecule has 2 aromatic rings. The van der Waals surface area contributed by atoms with Crippen LogP contribution in [0.1, 0.15) is 5.56 Å². The van der Waals surface area contributed by atoms with Gasteiger partial charge in [0, 0.05) is 24.5 Å². The Morgan fingerprint density at radius 1 is 1.33 bits per heavy atom. The molecule has 0 aliphatic rings. The zero-order chi connectivity index (χ0) is 10.7. The molecular weight excluding hydrogens is 256 g/mol. The van der Waals surface area contributed by atoms with E-state index < -0.39 is 0 Å². The Morgan fingerprint density at radius 2 is 2.20 bits per heavy atom. The molecule has 1 aromatic carbocycles. The number of benzene rings is 1. The first-order valence-electron chi connectivity index (χ1n) is 4.60. The summed E-state index contributed by atoms with van der Waals surface area (Å²) in [4.78, 5) is 3.04. The summed E-state index contributed by atoms with van der Waals surface area (Å²) in [5.41, 5.74) is 2.07. The molecule has 0 fully saturated rings. The molecule has 15 heavy (non-hydrogen) atoms. The molecule has 4 heteroatoms. The Hall–Kier alpha value is -1.42. The number of hydrogen-bond acceptors (Lipinski definition) is 2. The van der Waals surface area contributed by atoms with Crippen molar-refractivity contribution in [1.82, 2.24) is 4.98 Å².